The molecule has 0 atom stereocenters. The predicted molar refractivity (Wildman–Crippen MR) is 85.6 cm³/mol. The molecule has 1 heterocycles. The zero-order valence-corrected chi connectivity index (χ0v) is 13.8. The van der Waals surface area contributed by atoms with Crippen LogP contribution in [0.25, 0.3) is 0 Å². The maximum absolute atomic E-state index is 12.6. The van der Waals surface area contributed by atoms with Crippen LogP contribution in [0.3, 0.4) is 0 Å². The lowest BCUT2D eigenvalue weighted by molar-refractivity contribution is 0.262. The van der Waals surface area contributed by atoms with Gasteiger partial charge in [-0.2, -0.15) is 4.31 Å². The van der Waals surface area contributed by atoms with E-state index in [1.54, 1.807) is 16.4 Å². The molecule has 0 spiro atoms. The highest BCUT2D eigenvalue weighted by atomic mass is 32.2. The molecule has 1 saturated heterocycles. The SMILES string of the molecule is CCCC1CCN(S(=O)(=O)c2ccc(CNC)cc2)CC1. The van der Waals surface area contributed by atoms with E-state index in [4.69, 9.17) is 0 Å². The van der Waals surface area contributed by atoms with Crippen molar-refractivity contribution in [3.05, 3.63) is 29.8 Å². The Hall–Kier alpha value is -0.910. The molecule has 4 nitrogen and oxygen atoms in total. The van der Waals surface area contributed by atoms with Gasteiger partial charge < -0.3 is 5.32 Å². The van der Waals surface area contributed by atoms with Gasteiger partial charge in [0.1, 0.15) is 0 Å². The zero-order valence-electron chi connectivity index (χ0n) is 13.0. The Morgan fingerprint density at radius 1 is 1.19 bits per heavy atom. The van der Waals surface area contributed by atoms with E-state index in [0.29, 0.717) is 23.9 Å². The van der Waals surface area contributed by atoms with Gasteiger partial charge in [0, 0.05) is 19.6 Å². The lowest BCUT2D eigenvalue weighted by Gasteiger charge is -2.31. The third-order valence-electron chi connectivity index (χ3n) is 4.21. The molecule has 0 aliphatic carbocycles. The standard InChI is InChI=1S/C16H26N2O2S/c1-3-4-14-9-11-18(12-10-14)21(19,20)16-7-5-15(6-8-16)13-17-2/h5-8,14,17H,3-4,9-13H2,1-2H3. The highest BCUT2D eigenvalue weighted by Gasteiger charge is 2.28. The van der Waals surface area contributed by atoms with Crippen LogP contribution >= 0.6 is 0 Å². The van der Waals surface area contributed by atoms with Crippen LogP contribution in [0.4, 0.5) is 0 Å². The molecule has 0 unspecified atom stereocenters. The number of rotatable bonds is 6. The summed E-state index contributed by atoms with van der Waals surface area (Å²) in [6, 6.07) is 7.21. The second-order valence-corrected chi connectivity index (χ2v) is 7.75. The lowest BCUT2D eigenvalue weighted by Crippen LogP contribution is -2.38. The number of hydrogen-bond donors (Lipinski definition) is 1. The number of nitrogens with zero attached hydrogens (tertiary/aromatic N) is 1. The van der Waals surface area contributed by atoms with E-state index in [-0.39, 0.29) is 0 Å². The molecule has 1 aliphatic rings. The van der Waals surface area contributed by atoms with E-state index in [0.717, 1.165) is 24.9 Å². The third kappa shape index (κ3) is 4.05. The van der Waals surface area contributed by atoms with Gasteiger partial charge in [-0.05, 0) is 43.5 Å². The molecule has 1 aliphatic heterocycles. The zero-order chi connectivity index (χ0) is 15.3. The van der Waals surface area contributed by atoms with E-state index >= 15 is 0 Å². The Kier molecular flexibility index (Phi) is 5.79. The van der Waals surface area contributed by atoms with Crippen molar-refractivity contribution in [3.63, 3.8) is 0 Å². The average molecular weight is 310 g/mol. The Morgan fingerprint density at radius 3 is 2.33 bits per heavy atom. The van der Waals surface area contributed by atoms with Crippen molar-refractivity contribution in [2.24, 2.45) is 5.92 Å². The first-order chi connectivity index (χ1) is 10.1. The van der Waals surface area contributed by atoms with Gasteiger partial charge in [0.15, 0.2) is 0 Å². The Labute approximate surface area is 128 Å². The van der Waals surface area contributed by atoms with Crippen molar-refractivity contribution in [3.8, 4) is 0 Å². The second-order valence-electron chi connectivity index (χ2n) is 5.81. The molecule has 1 aromatic rings. The van der Waals surface area contributed by atoms with E-state index < -0.39 is 10.0 Å². The number of piperidine rings is 1. The predicted octanol–water partition coefficient (Wildman–Crippen LogP) is 2.61. The molecule has 5 heteroatoms. The first-order valence-electron chi connectivity index (χ1n) is 7.81. The van der Waals surface area contributed by atoms with Gasteiger partial charge in [-0.25, -0.2) is 8.42 Å². The lowest BCUT2D eigenvalue weighted by atomic mass is 9.94. The fraction of sp³-hybridized carbons (Fsp3) is 0.625. The van der Waals surface area contributed by atoms with Gasteiger partial charge in [0.2, 0.25) is 10.0 Å². The highest BCUT2D eigenvalue weighted by Crippen LogP contribution is 2.26. The van der Waals surface area contributed by atoms with Crippen LogP contribution < -0.4 is 5.32 Å². The molecule has 0 amide bonds. The summed E-state index contributed by atoms with van der Waals surface area (Å²) in [7, 11) is -1.44. The van der Waals surface area contributed by atoms with Crippen LogP contribution in [0.2, 0.25) is 0 Å². The summed E-state index contributed by atoms with van der Waals surface area (Å²) in [4.78, 5) is 0.413. The van der Waals surface area contributed by atoms with E-state index in [9.17, 15) is 8.42 Å². The van der Waals surface area contributed by atoms with Crippen molar-refractivity contribution in [2.45, 2.75) is 44.0 Å². The fourth-order valence-electron chi connectivity index (χ4n) is 2.98. The summed E-state index contributed by atoms with van der Waals surface area (Å²) in [5.74, 6) is 0.694. The minimum Gasteiger partial charge on any atom is -0.316 e. The van der Waals surface area contributed by atoms with Gasteiger partial charge in [-0.3, -0.25) is 0 Å². The molecule has 0 radical (unpaired) electrons. The van der Waals surface area contributed by atoms with E-state index in [1.165, 1.54) is 12.8 Å². The molecule has 21 heavy (non-hydrogen) atoms. The molecular formula is C16H26N2O2S. The van der Waals surface area contributed by atoms with Crippen molar-refractivity contribution in [1.29, 1.82) is 0 Å². The van der Waals surface area contributed by atoms with Crippen molar-refractivity contribution < 1.29 is 8.42 Å². The number of hydrogen-bond acceptors (Lipinski definition) is 3. The molecule has 118 valence electrons. The summed E-state index contributed by atoms with van der Waals surface area (Å²) >= 11 is 0. The molecule has 1 aromatic carbocycles. The number of sulfonamides is 1. The van der Waals surface area contributed by atoms with Gasteiger partial charge in [0.05, 0.1) is 4.90 Å². The molecule has 0 aromatic heterocycles. The van der Waals surface area contributed by atoms with E-state index in [2.05, 4.69) is 12.2 Å². The Balaban J connectivity index is 2.04. The van der Waals surface area contributed by atoms with Gasteiger partial charge in [0.25, 0.3) is 0 Å². The first-order valence-corrected chi connectivity index (χ1v) is 9.25. The largest absolute Gasteiger partial charge is 0.316 e. The van der Waals surface area contributed by atoms with Crippen LogP contribution in [0.1, 0.15) is 38.2 Å². The second kappa shape index (κ2) is 7.38. The minimum absolute atomic E-state index is 0.413. The molecule has 1 fully saturated rings. The summed E-state index contributed by atoms with van der Waals surface area (Å²) in [6.07, 6.45) is 4.38. The monoisotopic (exact) mass is 310 g/mol. The van der Waals surface area contributed by atoms with Crippen LogP contribution in [0.15, 0.2) is 29.2 Å². The smallest absolute Gasteiger partial charge is 0.243 e. The minimum atomic E-state index is -3.32. The van der Waals surface area contributed by atoms with Crippen LogP contribution in [0, 0.1) is 5.92 Å². The molecule has 1 N–H and O–H groups in total. The molecule has 0 bridgehead atoms. The summed E-state index contributed by atoms with van der Waals surface area (Å²) in [5, 5.41) is 3.06. The quantitative estimate of drug-likeness (QED) is 0.878. The van der Waals surface area contributed by atoms with E-state index in [1.807, 2.05) is 19.2 Å². The van der Waals surface area contributed by atoms with Crippen molar-refractivity contribution in [1.82, 2.24) is 9.62 Å². The molecular weight excluding hydrogens is 284 g/mol. The maximum atomic E-state index is 12.6. The summed E-state index contributed by atoms with van der Waals surface area (Å²) in [5.41, 5.74) is 1.10. The number of benzene rings is 1. The van der Waals surface area contributed by atoms with Crippen LogP contribution in [-0.2, 0) is 16.6 Å². The summed E-state index contributed by atoms with van der Waals surface area (Å²) in [6.45, 7) is 4.26. The van der Waals surface area contributed by atoms with Crippen molar-refractivity contribution >= 4 is 10.0 Å². The molecule has 2 rings (SSSR count). The van der Waals surface area contributed by atoms with Gasteiger partial charge in [-0.1, -0.05) is 31.9 Å². The van der Waals surface area contributed by atoms with Crippen molar-refractivity contribution in [2.75, 3.05) is 20.1 Å². The summed E-state index contributed by atoms with van der Waals surface area (Å²) < 4.78 is 26.9. The molecule has 0 saturated carbocycles. The first kappa shape index (κ1) is 16.5. The van der Waals surface area contributed by atoms with Crippen LogP contribution in [-0.4, -0.2) is 32.9 Å². The van der Waals surface area contributed by atoms with Gasteiger partial charge in [-0.15, -0.1) is 0 Å². The Bertz CT molecular complexity index is 532. The highest BCUT2D eigenvalue weighted by molar-refractivity contribution is 7.89. The fourth-order valence-corrected chi connectivity index (χ4v) is 4.45. The normalized spacial score (nSPS) is 18.0. The maximum Gasteiger partial charge on any atom is 0.243 e. The number of nitrogens with one attached hydrogen (secondary N) is 1. The Morgan fingerprint density at radius 2 is 1.81 bits per heavy atom. The average Bonchev–Trinajstić information content (AvgIpc) is 2.49. The topological polar surface area (TPSA) is 49.4 Å². The third-order valence-corrected chi connectivity index (χ3v) is 6.13. The van der Waals surface area contributed by atoms with Gasteiger partial charge >= 0.3 is 0 Å². The van der Waals surface area contributed by atoms with Crippen LogP contribution in [0.5, 0.6) is 0 Å².